The maximum Gasteiger partial charge on any atom is 0.218 e. The highest BCUT2D eigenvalue weighted by Crippen LogP contribution is 2.34. The fourth-order valence-corrected chi connectivity index (χ4v) is 1.40. The molecule has 1 aliphatic heterocycles. The van der Waals surface area contributed by atoms with E-state index >= 15 is 0 Å². The van der Waals surface area contributed by atoms with Gasteiger partial charge in [0.1, 0.15) is 0 Å². The molecule has 1 fully saturated rings. The Balaban J connectivity index is 2.50. The van der Waals surface area contributed by atoms with Crippen LogP contribution in [0.15, 0.2) is 0 Å². The zero-order valence-electron chi connectivity index (χ0n) is 6.71. The molecule has 0 aliphatic carbocycles. The first kappa shape index (κ1) is 8.99. The van der Waals surface area contributed by atoms with Gasteiger partial charge < -0.3 is 16.2 Å². The fraction of sp³-hybridized carbons (Fsp3) is 0.714. The van der Waals surface area contributed by atoms with Crippen molar-refractivity contribution < 1.29 is 14.3 Å². The Hall–Kier alpha value is -1.10. The van der Waals surface area contributed by atoms with Gasteiger partial charge in [-0.2, -0.15) is 0 Å². The molecule has 1 aliphatic rings. The summed E-state index contributed by atoms with van der Waals surface area (Å²) in [5.41, 5.74) is 9.63. The second-order valence-electron chi connectivity index (χ2n) is 3.28. The van der Waals surface area contributed by atoms with Gasteiger partial charge in [0.15, 0.2) is 0 Å². The lowest BCUT2D eigenvalue weighted by molar-refractivity contribution is -0.149. The summed E-state index contributed by atoms with van der Waals surface area (Å²) in [5, 5.41) is 0. The molecule has 0 aromatic rings. The first-order valence-electron chi connectivity index (χ1n) is 3.68. The van der Waals surface area contributed by atoms with E-state index in [4.69, 9.17) is 16.2 Å². The molecule has 68 valence electrons. The summed E-state index contributed by atoms with van der Waals surface area (Å²) in [4.78, 5) is 21.2. The van der Waals surface area contributed by atoms with Gasteiger partial charge in [-0.1, -0.05) is 0 Å². The molecule has 0 aromatic heterocycles. The summed E-state index contributed by atoms with van der Waals surface area (Å²) in [7, 11) is 0. The van der Waals surface area contributed by atoms with Gasteiger partial charge in [-0.15, -0.1) is 0 Å². The molecule has 0 saturated carbocycles. The van der Waals surface area contributed by atoms with Gasteiger partial charge in [0.2, 0.25) is 11.8 Å². The quantitative estimate of drug-likeness (QED) is 0.554. The highest BCUT2D eigenvalue weighted by atomic mass is 16.5. The van der Waals surface area contributed by atoms with Crippen molar-refractivity contribution in [2.75, 3.05) is 13.2 Å². The predicted octanol–water partition coefficient (Wildman–Crippen LogP) is -1.25. The van der Waals surface area contributed by atoms with E-state index in [1.807, 2.05) is 0 Å². The summed E-state index contributed by atoms with van der Waals surface area (Å²) >= 11 is 0. The predicted molar refractivity (Wildman–Crippen MR) is 40.9 cm³/mol. The number of hydrogen-bond acceptors (Lipinski definition) is 3. The molecule has 12 heavy (non-hydrogen) atoms. The zero-order chi connectivity index (χ0) is 9.19. The molecular weight excluding hydrogens is 160 g/mol. The van der Waals surface area contributed by atoms with Gasteiger partial charge in [0, 0.05) is 18.3 Å². The van der Waals surface area contributed by atoms with Gasteiger partial charge in [0.05, 0.1) is 13.2 Å². The van der Waals surface area contributed by atoms with E-state index in [1.165, 1.54) is 0 Å². The van der Waals surface area contributed by atoms with Crippen LogP contribution in [0.4, 0.5) is 0 Å². The lowest BCUT2D eigenvalue weighted by Gasteiger charge is -2.39. The molecule has 1 heterocycles. The maximum atomic E-state index is 10.6. The molecule has 1 rings (SSSR count). The van der Waals surface area contributed by atoms with Gasteiger partial charge in [0.25, 0.3) is 0 Å². The molecule has 0 spiro atoms. The number of primary amides is 2. The van der Waals surface area contributed by atoms with Crippen LogP contribution in [-0.4, -0.2) is 25.0 Å². The zero-order valence-corrected chi connectivity index (χ0v) is 6.71. The average molecular weight is 172 g/mol. The Labute approximate surface area is 70.0 Å². The first-order chi connectivity index (χ1) is 5.54. The molecule has 0 bridgehead atoms. The second-order valence-corrected chi connectivity index (χ2v) is 3.28. The number of rotatable bonds is 4. The number of carbonyl (C=O) groups excluding carboxylic acids is 2. The smallest absolute Gasteiger partial charge is 0.218 e. The average Bonchev–Trinajstić information content (AvgIpc) is 1.80. The largest absolute Gasteiger partial charge is 0.380 e. The Morgan fingerprint density at radius 1 is 1.17 bits per heavy atom. The molecule has 0 aromatic carbocycles. The summed E-state index contributed by atoms with van der Waals surface area (Å²) in [5.74, 6) is -0.834. The Morgan fingerprint density at radius 3 is 1.75 bits per heavy atom. The third-order valence-electron chi connectivity index (χ3n) is 1.91. The third kappa shape index (κ3) is 1.94. The van der Waals surface area contributed by atoms with Crippen LogP contribution in [-0.2, 0) is 14.3 Å². The van der Waals surface area contributed by atoms with Crippen LogP contribution in [0.5, 0.6) is 0 Å². The molecule has 5 nitrogen and oxygen atoms in total. The van der Waals surface area contributed by atoms with Gasteiger partial charge in [-0.05, 0) is 0 Å². The van der Waals surface area contributed by atoms with Crippen LogP contribution >= 0.6 is 0 Å². The van der Waals surface area contributed by atoms with Gasteiger partial charge in [-0.25, -0.2) is 0 Å². The number of carbonyl (C=O) groups is 2. The Kier molecular flexibility index (Phi) is 2.32. The summed E-state index contributed by atoms with van der Waals surface area (Å²) in [6.45, 7) is 0.803. The maximum absolute atomic E-state index is 10.6. The molecule has 2 amide bonds. The molecule has 4 N–H and O–H groups in total. The second kappa shape index (κ2) is 3.10. The minimum absolute atomic E-state index is 0.177. The number of hydrogen-bond donors (Lipinski definition) is 2. The van der Waals surface area contributed by atoms with Crippen molar-refractivity contribution >= 4 is 11.8 Å². The van der Waals surface area contributed by atoms with Crippen molar-refractivity contribution in [2.45, 2.75) is 12.8 Å². The van der Waals surface area contributed by atoms with Crippen molar-refractivity contribution in [3.63, 3.8) is 0 Å². The number of nitrogens with two attached hydrogens (primary N) is 2. The van der Waals surface area contributed by atoms with Crippen molar-refractivity contribution in [1.29, 1.82) is 0 Å². The Bertz CT molecular complexity index is 193. The SMILES string of the molecule is NC(=O)CC1(CC(N)=O)COC1. The monoisotopic (exact) mass is 172 g/mol. The first-order valence-corrected chi connectivity index (χ1v) is 3.68. The molecule has 0 radical (unpaired) electrons. The lowest BCUT2D eigenvalue weighted by Crippen LogP contribution is -2.47. The normalized spacial score (nSPS) is 19.7. The summed E-state index contributed by atoms with van der Waals surface area (Å²) < 4.78 is 4.92. The fourth-order valence-electron chi connectivity index (χ4n) is 1.40. The number of ether oxygens (including phenoxy) is 1. The van der Waals surface area contributed by atoms with E-state index < -0.39 is 17.2 Å². The van der Waals surface area contributed by atoms with Crippen LogP contribution < -0.4 is 11.5 Å². The molecule has 0 atom stereocenters. The van der Waals surface area contributed by atoms with Crippen molar-refractivity contribution in [3.05, 3.63) is 0 Å². The molecule has 0 unspecified atom stereocenters. The van der Waals surface area contributed by atoms with Crippen LogP contribution in [0.1, 0.15) is 12.8 Å². The van der Waals surface area contributed by atoms with Crippen molar-refractivity contribution in [3.8, 4) is 0 Å². The highest BCUT2D eigenvalue weighted by Gasteiger charge is 2.41. The van der Waals surface area contributed by atoms with Gasteiger partial charge in [-0.3, -0.25) is 9.59 Å². The van der Waals surface area contributed by atoms with E-state index in [2.05, 4.69) is 0 Å². The minimum atomic E-state index is -0.417. The van der Waals surface area contributed by atoms with E-state index in [0.29, 0.717) is 13.2 Å². The lowest BCUT2D eigenvalue weighted by atomic mass is 9.79. The van der Waals surface area contributed by atoms with Gasteiger partial charge >= 0.3 is 0 Å². The van der Waals surface area contributed by atoms with Crippen LogP contribution in [0.25, 0.3) is 0 Å². The van der Waals surface area contributed by atoms with E-state index in [9.17, 15) is 9.59 Å². The topological polar surface area (TPSA) is 95.4 Å². The molecule has 1 saturated heterocycles. The minimum Gasteiger partial charge on any atom is -0.380 e. The third-order valence-corrected chi connectivity index (χ3v) is 1.91. The summed E-state index contributed by atoms with van der Waals surface area (Å²) in [6, 6.07) is 0. The Morgan fingerprint density at radius 2 is 1.58 bits per heavy atom. The molecule has 5 heteroatoms. The van der Waals surface area contributed by atoms with Crippen molar-refractivity contribution in [1.82, 2.24) is 0 Å². The van der Waals surface area contributed by atoms with E-state index in [0.717, 1.165) is 0 Å². The van der Waals surface area contributed by atoms with Crippen LogP contribution in [0, 0.1) is 5.41 Å². The van der Waals surface area contributed by atoms with Crippen LogP contribution in [0.3, 0.4) is 0 Å². The standard InChI is InChI=1S/C7H12N2O3/c8-5(10)1-7(2-6(9)11)3-12-4-7/h1-4H2,(H2,8,10)(H2,9,11). The summed E-state index contributed by atoms with van der Waals surface area (Å²) in [6.07, 6.45) is 0.353. The van der Waals surface area contributed by atoms with Crippen molar-refractivity contribution in [2.24, 2.45) is 16.9 Å². The number of amides is 2. The van der Waals surface area contributed by atoms with E-state index in [-0.39, 0.29) is 12.8 Å². The van der Waals surface area contributed by atoms with E-state index in [1.54, 1.807) is 0 Å². The molecular formula is C7H12N2O3. The van der Waals surface area contributed by atoms with Crippen LogP contribution in [0.2, 0.25) is 0 Å². The highest BCUT2D eigenvalue weighted by molar-refractivity contribution is 5.78.